The topological polar surface area (TPSA) is 206 Å². The monoisotopic (exact) mass is 621 g/mol. The van der Waals surface area contributed by atoms with E-state index < -0.39 is 89.5 Å². The van der Waals surface area contributed by atoms with E-state index in [1.165, 1.54) is 14.0 Å². The molecule has 6 N–H and O–H groups in total. The van der Waals surface area contributed by atoms with Crippen LogP contribution >= 0.6 is 0 Å². The number of amides is 3. The van der Waals surface area contributed by atoms with Crippen molar-refractivity contribution in [2.75, 3.05) is 13.7 Å². The highest BCUT2D eigenvalue weighted by atomic mass is 16.7. The Kier molecular flexibility index (Phi) is 11.4. The van der Waals surface area contributed by atoms with Crippen LogP contribution < -0.4 is 10.6 Å². The van der Waals surface area contributed by atoms with E-state index in [2.05, 4.69) is 10.6 Å². The summed E-state index contributed by atoms with van der Waals surface area (Å²) in [6.45, 7) is 16.0. The fourth-order valence-electron chi connectivity index (χ4n) is 4.92. The van der Waals surface area contributed by atoms with Gasteiger partial charge in [0.1, 0.15) is 46.8 Å². The number of hydrogen-bond donors (Lipinski definition) is 6. The maximum absolute atomic E-state index is 12.8. The molecule has 0 bridgehead atoms. The van der Waals surface area contributed by atoms with Crippen molar-refractivity contribution in [1.82, 2.24) is 15.5 Å². The second kappa shape index (κ2) is 13.3. The second-order valence-electron chi connectivity index (χ2n) is 14.4. The number of ether oxygens (including phenoxy) is 5. The van der Waals surface area contributed by atoms with Crippen molar-refractivity contribution in [1.29, 1.82) is 0 Å². The van der Waals surface area contributed by atoms with E-state index >= 15 is 0 Å². The molecule has 1 aliphatic carbocycles. The number of alkyl carbamates (subject to hydrolysis) is 2. The molecular weight excluding hydrogens is 570 g/mol. The van der Waals surface area contributed by atoms with Gasteiger partial charge in [-0.1, -0.05) is 0 Å². The maximum Gasteiger partial charge on any atom is 0.410 e. The summed E-state index contributed by atoms with van der Waals surface area (Å²) in [5.74, 6) is 0. The number of likely N-dealkylation sites (N-methyl/N-ethyl adjacent to an activating group) is 1. The second-order valence-corrected chi connectivity index (χ2v) is 14.4. The molecule has 1 saturated carbocycles. The summed E-state index contributed by atoms with van der Waals surface area (Å²) in [6.07, 6.45) is -10.5. The third-order valence-electron chi connectivity index (χ3n) is 6.58. The molecule has 0 aromatic carbocycles. The molecule has 15 nitrogen and oxygen atoms in total. The minimum atomic E-state index is -1.73. The Hall–Kier alpha value is -2.43. The summed E-state index contributed by atoms with van der Waals surface area (Å²) in [4.78, 5) is 39.0. The first-order chi connectivity index (χ1) is 19.3. The zero-order valence-corrected chi connectivity index (χ0v) is 27.0. The van der Waals surface area contributed by atoms with Gasteiger partial charge in [0.15, 0.2) is 6.29 Å². The first-order valence-electron chi connectivity index (χ1n) is 14.3. The average molecular weight is 622 g/mol. The Morgan fingerprint density at radius 1 is 0.791 bits per heavy atom. The third-order valence-corrected chi connectivity index (χ3v) is 6.58. The Morgan fingerprint density at radius 2 is 1.26 bits per heavy atom. The lowest BCUT2D eigenvalue weighted by Gasteiger charge is -2.49. The van der Waals surface area contributed by atoms with Gasteiger partial charge < -0.3 is 59.6 Å². The summed E-state index contributed by atoms with van der Waals surface area (Å²) in [5.41, 5.74) is -4.28. The van der Waals surface area contributed by atoms with Gasteiger partial charge in [-0.2, -0.15) is 0 Å². The summed E-state index contributed by atoms with van der Waals surface area (Å²) >= 11 is 0. The fourth-order valence-corrected chi connectivity index (χ4v) is 4.92. The van der Waals surface area contributed by atoms with Crippen molar-refractivity contribution in [2.45, 2.75) is 147 Å². The van der Waals surface area contributed by atoms with E-state index in [0.717, 1.165) is 4.90 Å². The SMILES string of the molecule is CN(C(=O)OC(C)(C)C)[C@@H]1[C@@H](O)[C@@H](O[C@@H]2[C@@H](O)[C@H](O)[C@@H](NC(=O)OC(C)(C)C)C[C@H]2NC(=O)OC(C)(C)C)OC[C@]1(C)O. The molecule has 1 saturated heterocycles. The van der Waals surface area contributed by atoms with Gasteiger partial charge in [-0.05, 0) is 75.7 Å². The zero-order chi connectivity index (χ0) is 33.3. The number of carbonyl (C=O) groups excluding carboxylic acids is 3. The lowest BCUT2D eigenvalue weighted by atomic mass is 9.83. The van der Waals surface area contributed by atoms with Crippen LogP contribution in [0.1, 0.15) is 75.7 Å². The van der Waals surface area contributed by atoms with Gasteiger partial charge in [0.05, 0.1) is 24.7 Å². The van der Waals surface area contributed by atoms with E-state index in [-0.39, 0.29) is 13.0 Å². The van der Waals surface area contributed by atoms with Gasteiger partial charge in [0.25, 0.3) is 0 Å². The van der Waals surface area contributed by atoms with E-state index in [9.17, 15) is 34.8 Å². The summed E-state index contributed by atoms with van der Waals surface area (Å²) in [7, 11) is 1.35. The number of nitrogens with zero attached hydrogens (tertiary/aromatic N) is 1. The molecule has 0 aromatic rings. The molecule has 0 aromatic heterocycles. The Morgan fingerprint density at radius 3 is 1.72 bits per heavy atom. The molecule has 250 valence electrons. The molecule has 2 rings (SSSR count). The molecule has 0 radical (unpaired) electrons. The van der Waals surface area contributed by atoms with Crippen LogP contribution in [-0.4, -0.2) is 128 Å². The van der Waals surface area contributed by atoms with Crippen LogP contribution in [0.2, 0.25) is 0 Å². The van der Waals surface area contributed by atoms with Crippen molar-refractivity contribution >= 4 is 18.3 Å². The predicted octanol–water partition coefficient (Wildman–Crippen LogP) is 0.987. The lowest BCUT2D eigenvalue weighted by molar-refractivity contribution is -0.305. The Bertz CT molecular complexity index is 987. The summed E-state index contributed by atoms with van der Waals surface area (Å²) < 4.78 is 27.6. The number of rotatable bonds is 5. The molecule has 43 heavy (non-hydrogen) atoms. The van der Waals surface area contributed by atoms with Crippen LogP contribution in [0.4, 0.5) is 14.4 Å². The zero-order valence-electron chi connectivity index (χ0n) is 27.0. The standard InChI is InChI=1S/C28H51N3O12/c1-25(2,3)41-22(35)29-14-12-15(30-23(36)42-26(4,5)6)19(17(33)16(14)32)40-21-18(34)20(28(10,38)13-39-21)31(11)24(37)43-27(7,8)9/h14-21,32-34,38H,12-13H2,1-11H3,(H,29,35)(H,30,36)/t14-,15+,16+,17-,18+,19-,20+,21+,28-/m0/s1. The van der Waals surface area contributed by atoms with Gasteiger partial charge in [0, 0.05) is 7.05 Å². The summed E-state index contributed by atoms with van der Waals surface area (Å²) in [6, 6.07) is -3.42. The first-order valence-corrected chi connectivity index (χ1v) is 14.3. The predicted molar refractivity (Wildman–Crippen MR) is 152 cm³/mol. The highest BCUT2D eigenvalue weighted by molar-refractivity contribution is 5.69. The van der Waals surface area contributed by atoms with Crippen molar-refractivity contribution in [3.05, 3.63) is 0 Å². The average Bonchev–Trinajstić information content (AvgIpc) is 2.77. The fraction of sp³-hybridized carbons (Fsp3) is 0.893. The van der Waals surface area contributed by atoms with Crippen LogP contribution in [0.3, 0.4) is 0 Å². The van der Waals surface area contributed by atoms with Crippen LogP contribution in [0.25, 0.3) is 0 Å². The van der Waals surface area contributed by atoms with Gasteiger partial charge in [0.2, 0.25) is 0 Å². The highest BCUT2D eigenvalue weighted by Gasteiger charge is 2.54. The molecule has 0 spiro atoms. The van der Waals surface area contributed by atoms with Gasteiger partial charge in [-0.3, -0.25) is 0 Å². The lowest BCUT2D eigenvalue weighted by Crippen LogP contribution is -2.70. The molecule has 2 aliphatic rings. The number of aliphatic hydroxyl groups excluding tert-OH is 3. The molecular formula is C28H51N3O12. The molecule has 1 aliphatic heterocycles. The quantitative estimate of drug-likeness (QED) is 0.238. The Labute approximate surface area is 253 Å². The Balaban J connectivity index is 2.33. The summed E-state index contributed by atoms with van der Waals surface area (Å²) in [5, 5.41) is 49.5. The van der Waals surface area contributed by atoms with Crippen molar-refractivity contribution in [2.24, 2.45) is 0 Å². The minimum absolute atomic E-state index is 0.136. The van der Waals surface area contributed by atoms with Crippen LogP contribution in [-0.2, 0) is 23.7 Å². The minimum Gasteiger partial charge on any atom is -0.444 e. The van der Waals surface area contributed by atoms with Crippen LogP contribution in [0.5, 0.6) is 0 Å². The molecule has 0 unspecified atom stereocenters. The largest absolute Gasteiger partial charge is 0.444 e. The molecule has 2 fully saturated rings. The van der Waals surface area contributed by atoms with Crippen molar-refractivity contribution in [3.8, 4) is 0 Å². The number of carbonyl (C=O) groups is 3. The highest BCUT2D eigenvalue weighted by Crippen LogP contribution is 2.33. The normalized spacial score (nSPS) is 33.7. The smallest absolute Gasteiger partial charge is 0.410 e. The first kappa shape index (κ1) is 36.8. The van der Waals surface area contributed by atoms with Gasteiger partial charge in [-0.15, -0.1) is 0 Å². The number of hydrogen-bond acceptors (Lipinski definition) is 12. The number of aliphatic hydroxyl groups is 4. The van der Waals surface area contributed by atoms with Gasteiger partial charge >= 0.3 is 18.3 Å². The van der Waals surface area contributed by atoms with E-state index in [4.69, 9.17) is 23.7 Å². The van der Waals surface area contributed by atoms with Crippen LogP contribution in [0, 0.1) is 0 Å². The molecule has 1 heterocycles. The van der Waals surface area contributed by atoms with E-state index in [1.807, 2.05) is 0 Å². The van der Waals surface area contributed by atoms with Crippen molar-refractivity contribution in [3.63, 3.8) is 0 Å². The molecule has 3 amide bonds. The van der Waals surface area contributed by atoms with Crippen molar-refractivity contribution < 1.29 is 58.5 Å². The third kappa shape index (κ3) is 10.6. The maximum atomic E-state index is 12.8. The van der Waals surface area contributed by atoms with Crippen LogP contribution in [0.15, 0.2) is 0 Å². The van der Waals surface area contributed by atoms with E-state index in [1.54, 1.807) is 62.3 Å². The van der Waals surface area contributed by atoms with Gasteiger partial charge in [-0.25, -0.2) is 14.4 Å². The number of nitrogens with one attached hydrogen (secondary N) is 2. The molecule has 15 heteroatoms. The molecule has 9 atom stereocenters. The van der Waals surface area contributed by atoms with E-state index in [0.29, 0.717) is 0 Å².